The molecule has 0 saturated carbocycles. The number of aromatic nitrogens is 2. The summed E-state index contributed by atoms with van der Waals surface area (Å²) in [6.07, 6.45) is 0.824. The second-order valence-corrected chi connectivity index (χ2v) is 3.52. The highest BCUT2D eigenvalue weighted by molar-refractivity contribution is 4.92. The molecule has 1 atom stereocenters. The van der Waals surface area contributed by atoms with Crippen LogP contribution in [0, 0.1) is 0 Å². The summed E-state index contributed by atoms with van der Waals surface area (Å²) >= 11 is 0. The molecule has 0 aliphatic rings. The van der Waals surface area contributed by atoms with Gasteiger partial charge in [-0.1, -0.05) is 25.9 Å². The molecule has 0 bridgehead atoms. The van der Waals surface area contributed by atoms with E-state index in [9.17, 15) is 0 Å². The lowest BCUT2D eigenvalue weighted by Gasteiger charge is -2.14. The molecule has 0 unspecified atom stereocenters. The molecule has 1 aromatic rings. The van der Waals surface area contributed by atoms with Crippen LogP contribution in [0.4, 0.5) is 0 Å². The van der Waals surface area contributed by atoms with Crippen molar-refractivity contribution >= 4 is 0 Å². The Kier molecular flexibility index (Phi) is 4.71. The first-order valence-corrected chi connectivity index (χ1v) is 5.51. The molecule has 86 valence electrons. The quantitative estimate of drug-likeness (QED) is 0.770. The smallest absolute Gasteiger partial charge is 0.240 e. The standard InChI is InChI=1S/C10H20N4O/c1-4-8(11)10-12-9(15-13-10)7-14(5-2)6-3/h8H,4-7,11H2,1-3H3/t8-/m0/s1. The van der Waals surface area contributed by atoms with Crippen LogP contribution in [-0.2, 0) is 6.54 Å². The molecule has 1 rings (SSSR count). The molecular formula is C10H20N4O. The summed E-state index contributed by atoms with van der Waals surface area (Å²) in [7, 11) is 0. The van der Waals surface area contributed by atoms with Gasteiger partial charge in [-0.05, 0) is 19.5 Å². The van der Waals surface area contributed by atoms with Crippen LogP contribution in [0.2, 0.25) is 0 Å². The van der Waals surface area contributed by atoms with Crippen molar-refractivity contribution in [3.8, 4) is 0 Å². The van der Waals surface area contributed by atoms with Crippen LogP contribution in [0.5, 0.6) is 0 Å². The summed E-state index contributed by atoms with van der Waals surface area (Å²) in [6, 6.07) is -0.112. The number of nitrogens with zero attached hydrogens (tertiary/aromatic N) is 3. The lowest BCUT2D eigenvalue weighted by molar-refractivity contribution is 0.245. The van der Waals surface area contributed by atoms with Gasteiger partial charge in [0, 0.05) is 0 Å². The van der Waals surface area contributed by atoms with Gasteiger partial charge in [-0.2, -0.15) is 4.98 Å². The van der Waals surface area contributed by atoms with Crippen LogP contribution in [0.3, 0.4) is 0 Å². The van der Waals surface area contributed by atoms with E-state index in [-0.39, 0.29) is 6.04 Å². The highest BCUT2D eigenvalue weighted by Gasteiger charge is 2.13. The monoisotopic (exact) mass is 212 g/mol. The van der Waals surface area contributed by atoms with Crippen LogP contribution >= 0.6 is 0 Å². The lowest BCUT2D eigenvalue weighted by atomic mass is 10.2. The van der Waals surface area contributed by atoms with E-state index in [4.69, 9.17) is 10.3 Å². The van der Waals surface area contributed by atoms with E-state index in [1.807, 2.05) is 6.92 Å². The zero-order valence-electron chi connectivity index (χ0n) is 9.73. The maximum atomic E-state index is 5.80. The van der Waals surface area contributed by atoms with Crippen LogP contribution in [0.25, 0.3) is 0 Å². The predicted molar refractivity (Wildman–Crippen MR) is 58.1 cm³/mol. The third-order valence-corrected chi connectivity index (χ3v) is 2.51. The van der Waals surface area contributed by atoms with Crippen molar-refractivity contribution in [2.24, 2.45) is 5.73 Å². The van der Waals surface area contributed by atoms with Gasteiger partial charge in [-0.3, -0.25) is 4.90 Å². The zero-order chi connectivity index (χ0) is 11.3. The Labute approximate surface area is 90.6 Å². The molecule has 0 fully saturated rings. The van der Waals surface area contributed by atoms with Gasteiger partial charge < -0.3 is 10.3 Å². The predicted octanol–water partition coefficient (Wildman–Crippen LogP) is 1.32. The Morgan fingerprint density at radius 1 is 1.33 bits per heavy atom. The molecule has 0 saturated heterocycles. The fourth-order valence-corrected chi connectivity index (χ4v) is 1.30. The van der Waals surface area contributed by atoms with Gasteiger partial charge in [0.1, 0.15) is 0 Å². The average Bonchev–Trinajstić information content (AvgIpc) is 2.73. The van der Waals surface area contributed by atoms with Crippen molar-refractivity contribution in [3.05, 3.63) is 11.7 Å². The minimum absolute atomic E-state index is 0.112. The minimum Gasteiger partial charge on any atom is -0.338 e. The highest BCUT2D eigenvalue weighted by Crippen LogP contribution is 2.10. The highest BCUT2D eigenvalue weighted by atomic mass is 16.5. The maximum absolute atomic E-state index is 5.80. The first kappa shape index (κ1) is 12.1. The Bertz CT molecular complexity index is 283. The maximum Gasteiger partial charge on any atom is 0.240 e. The topological polar surface area (TPSA) is 68.2 Å². The number of hydrogen-bond donors (Lipinski definition) is 1. The summed E-state index contributed by atoms with van der Waals surface area (Å²) in [6.45, 7) is 8.89. The second kappa shape index (κ2) is 5.82. The number of hydrogen-bond acceptors (Lipinski definition) is 5. The molecule has 2 N–H and O–H groups in total. The summed E-state index contributed by atoms with van der Waals surface area (Å²) in [5.74, 6) is 1.26. The summed E-state index contributed by atoms with van der Waals surface area (Å²) < 4.78 is 5.14. The van der Waals surface area contributed by atoms with Gasteiger partial charge in [0.05, 0.1) is 12.6 Å². The van der Waals surface area contributed by atoms with E-state index in [0.29, 0.717) is 18.3 Å². The van der Waals surface area contributed by atoms with Gasteiger partial charge >= 0.3 is 0 Å². The van der Waals surface area contributed by atoms with Gasteiger partial charge in [-0.25, -0.2) is 0 Å². The molecule has 5 nitrogen and oxygen atoms in total. The van der Waals surface area contributed by atoms with E-state index in [1.165, 1.54) is 0 Å². The number of nitrogens with two attached hydrogens (primary N) is 1. The van der Waals surface area contributed by atoms with Crippen LogP contribution in [0.15, 0.2) is 4.52 Å². The van der Waals surface area contributed by atoms with Crippen LogP contribution in [-0.4, -0.2) is 28.1 Å². The molecule has 0 amide bonds. The molecule has 5 heteroatoms. The van der Waals surface area contributed by atoms with Gasteiger partial charge in [-0.15, -0.1) is 0 Å². The van der Waals surface area contributed by atoms with Crippen LogP contribution < -0.4 is 5.73 Å². The molecular weight excluding hydrogens is 192 g/mol. The molecule has 1 heterocycles. The lowest BCUT2D eigenvalue weighted by Crippen LogP contribution is -2.22. The second-order valence-electron chi connectivity index (χ2n) is 3.52. The summed E-state index contributed by atoms with van der Waals surface area (Å²) in [5, 5.41) is 3.87. The minimum atomic E-state index is -0.112. The third-order valence-electron chi connectivity index (χ3n) is 2.51. The average molecular weight is 212 g/mol. The van der Waals surface area contributed by atoms with Crippen molar-refractivity contribution in [3.63, 3.8) is 0 Å². The van der Waals surface area contributed by atoms with Crippen molar-refractivity contribution < 1.29 is 4.52 Å². The van der Waals surface area contributed by atoms with Crippen molar-refractivity contribution in [2.45, 2.75) is 39.8 Å². The largest absolute Gasteiger partial charge is 0.338 e. The SMILES string of the molecule is CC[C@H](N)c1noc(CN(CC)CC)n1. The number of rotatable bonds is 6. The fourth-order valence-electron chi connectivity index (χ4n) is 1.30. The van der Waals surface area contributed by atoms with E-state index >= 15 is 0 Å². The summed E-state index contributed by atoms with van der Waals surface area (Å²) in [5.41, 5.74) is 5.80. The molecule has 0 radical (unpaired) electrons. The molecule has 1 aromatic heterocycles. The van der Waals surface area contributed by atoms with Crippen molar-refractivity contribution in [2.75, 3.05) is 13.1 Å². The van der Waals surface area contributed by atoms with Gasteiger partial charge in [0.2, 0.25) is 5.89 Å². The first-order valence-electron chi connectivity index (χ1n) is 5.51. The van der Waals surface area contributed by atoms with Crippen LogP contribution in [0.1, 0.15) is 44.9 Å². The van der Waals surface area contributed by atoms with Gasteiger partial charge in [0.15, 0.2) is 5.82 Å². The van der Waals surface area contributed by atoms with E-state index in [2.05, 4.69) is 28.9 Å². The molecule has 15 heavy (non-hydrogen) atoms. The van der Waals surface area contributed by atoms with E-state index < -0.39 is 0 Å². The third kappa shape index (κ3) is 3.28. The fraction of sp³-hybridized carbons (Fsp3) is 0.800. The molecule has 0 aromatic carbocycles. The Morgan fingerprint density at radius 3 is 2.53 bits per heavy atom. The van der Waals surface area contributed by atoms with Crippen molar-refractivity contribution in [1.29, 1.82) is 0 Å². The molecule has 0 spiro atoms. The normalized spacial score (nSPS) is 13.4. The Morgan fingerprint density at radius 2 is 2.00 bits per heavy atom. The van der Waals surface area contributed by atoms with Gasteiger partial charge in [0.25, 0.3) is 0 Å². The molecule has 0 aliphatic carbocycles. The first-order chi connectivity index (χ1) is 7.21. The Hall–Kier alpha value is -0.940. The van der Waals surface area contributed by atoms with E-state index in [0.717, 1.165) is 19.5 Å². The molecule has 0 aliphatic heterocycles. The zero-order valence-corrected chi connectivity index (χ0v) is 9.73. The van der Waals surface area contributed by atoms with Crippen molar-refractivity contribution in [1.82, 2.24) is 15.0 Å². The van der Waals surface area contributed by atoms with E-state index in [1.54, 1.807) is 0 Å². The summed E-state index contributed by atoms with van der Waals surface area (Å²) in [4.78, 5) is 6.49. The Balaban J connectivity index is 2.59.